The molecule has 6 rings (SSSR count). The van der Waals surface area contributed by atoms with E-state index >= 15 is 0 Å². The highest BCUT2D eigenvalue weighted by atomic mass is 32.2. The number of anilines is 2. The largest absolute Gasteiger partial charge is 0.462 e. The van der Waals surface area contributed by atoms with E-state index in [-0.39, 0.29) is 22.9 Å². The summed E-state index contributed by atoms with van der Waals surface area (Å²) in [6, 6.07) is 15.0. The molecule has 3 heterocycles. The number of imide groups is 1. The van der Waals surface area contributed by atoms with E-state index < -0.39 is 69.8 Å². The number of halogens is 4. The standard InChI is InChI=1S/C32H23F4N3O6S2/c1-2-45-30(43)17-8-12-20(13-9-17)37-22(40)15-38-29-26(47-31(38)44)23(16-6-10-19(33)11-7-16)24-25(46-29)28(42)39(27(24)41)21-5-3-4-18(14-21)32(34,35)36/h3-14,23-25H,2,15H2,1H3,(H,37,40)/t23-,24?,25?/m1/s1. The first-order chi connectivity index (χ1) is 22.4. The monoisotopic (exact) mass is 685 g/mol. The fourth-order valence-corrected chi connectivity index (χ4v) is 8.38. The minimum absolute atomic E-state index is 0.196. The summed E-state index contributed by atoms with van der Waals surface area (Å²) in [6.07, 6.45) is -4.72. The Hall–Kier alpha value is -4.76. The molecular weight excluding hydrogens is 662 g/mol. The molecule has 15 heteroatoms. The Morgan fingerprint density at radius 2 is 1.66 bits per heavy atom. The smallest absolute Gasteiger partial charge is 0.416 e. The quantitative estimate of drug-likeness (QED) is 0.151. The van der Waals surface area contributed by atoms with Gasteiger partial charge in [0.1, 0.15) is 17.6 Å². The van der Waals surface area contributed by atoms with Gasteiger partial charge in [-0.25, -0.2) is 14.1 Å². The van der Waals surface area contributed by atoms with Crippen LogP contribution in [0.1, 0.15) is 39.2 Å². The van der Waals surface area contributed by atoms with Gasteiger partial charge in [0, 0.05) is 16.5 Å². The SMILES string of the molecule is CCOC(=O)c1ccc(NC(=O)Cn2c3c(sc2=O)[C@H](c2ccc(F)cc2)C2C(=O)N(c4cccc(C(F)(F)F)c4)C(=O)C2S3)cc1. The van der Waals surface area contributed by atoms with Crippen LogP contribution in [-0.4, -0.2) is 40.1 Å². The summed E-state index contributed by atoms with van der Waals surface area (Å²) in [7, 11) is 0. The number of thioether (sulfide) groups is 1. The van der Waals surface area contributed by atoms with Gasteiger partial charge in [0.05, 0.1) is 34.4 Å². The predicted octanol–water partition coefficient (Wildman–Crippen LogP) is 5.68. The molecule has 0 spiro atoms. The number of thiazole rings is 1. The summed E-state index contributed by atoms with van der Waals surface area (Å²) in [5.41, 5.74) is -0.264. The van der Waals surface area contributed by atoms with Crippen LogP contribution in [0, 0.1) is 11.7 Å². The molecule has 1 fully saturated rings. The van der Waals surface area contributed by atoms with E-state index in [9.17, 15) is 41.5 Å². The number of rotatable bonds is 7. The van der Waals surface area contributed by atoms with Gasteiger partial charge in [0.2, 0.25) is 17.7 Å². The molecule has 0 bridgehead atoms. The molecule has 242 valence electrons. The summed E-state index contributed by atoms with van der Waals surface area (Å²) >= 11 is 1.66. The Kier molecular flexibility index (Phi) is 8.53. The maximum atomic E-state index is 13.9. The first kappa shape index (κ1) is 32.2. The Labute approximate surface area is 272 Å². The number of ether oxygens (including phenoxy) is 1. The maximum absolute atomic E-state index is 13.9. The molecule has 9 nitrogen and oxygen atoms in total. The Balaban J connectivity index is 1.34. The maximum Gasteiger partial charge on any atom is 0.416 e. The average molecular weight is 686 g/mol. The highest BCUT2D eigenvalue weighted by molar-refractivity contribution is 8.00. The number of fused-ring (bicyclic) bond motifs is 2. The number of esters is 1. The highest BCUT2D eigenvalue weighted by Crippen LogP contribution is 2.54. The van der Waals surface area contributed by atoms with Crippen LogP contribution >= 0.6 is 23.1 Å². The first-order valence-electron chi connectivity index (χ1n) is 14.1. The van der Waals surface area contributed by atoms with Crippen LogP contribution in [0.3, 0.4) is 0 Å². The molecule has 1 N–H and O–H groups in total. The lowest BCUT2D eigenvalue weighted by Gasteiger charge is -2.30. The van der Waals surface area contributed by atoms with Crippen LogP contribution in [0.2, 0.25) is 0 Å². The zero-order valence-corrected chi connectivity index (χ0v) is 25.9. The predicted molar refractivity (Wildman–Crippen MR) is 165 cm³/mol. The summed E-state index contributed by atoms with van der Waals surface area (Å²) in [5.74, 6) is -5.29. The normalized spacial score (nSPS) is 18.9. The molecule has 0 saturated carbocycles. The average Bonchev–Trinajstić information content (AvgIpc) is 3.47. The van der Waals surface area contributed by atoms with Gasteiger partial charge in [-0.2, -0.15) is 13.2 Å². The van der Waals surface area contributed by atoms with Gasteiger partial charge < -0.3 is 10.1 Å². The third kappa shape index (κ3) is 6.07. The van der Waals surface area contributed by atoms with Crippen molar-refractivity contribution in [3.63, 3.8) is 0 Å². The third-order valence-corrected chi connectivity index (χ3v) is 10.3. The van der Waals surface area contributed by atoms with Crippen molar-refractivity contribution < 1.29 is 41.5 Å². The van der Waals surface area contributed by atoms with Crippen molar-refractivity contribution in [2.24, 2.45) is 5.92 Å². The molecule has 3 amide bonds. The fourth-order valence-electron chi connectivity index (χ4n) is 5.61. The lowest BCUT2D eigenvalue weighted by atomic mass is 9.83. The minimum atomic E-state index is -4.72. The highest BCUT2D eigenvalue weighted by Gasteiger charge is 2.57. The first-order valence-corrected chi connectivity index (χ1v) is 15.8. The molecular formula is C32H23F4N3O6S2. The topological polar surface area (TPSA) is 115 Å². The van der Waals surface area contributed by atoms with Gasteiger partial charge in [0.15, 0.2) is 0 Å². The number of benzene rings is 3. The van der Waals surface area contributed by atoms with Crippen molar-refractivity contribution in [2.45, 2.75) is 35.8 Å². The number of carbonyl (C=O) groups is 4. The van der Waals surface area contributed by atoms with E-state index in [1.807, 2.05) is 0 Å². The summed E-state index contributed by atoms with van der Waals surface area (Å²) in [5, 5.41) is 1.74. The minimum Gasteiger partial charge on any atom is -0.462 e. The Morgan fingerprint density at radius 3 is 2.32 bits per heavy atom. The van der Waals surface area contributed by atoms with Gasteiger partial charge >= 0.3 is 17.0 Å². The molecule has 0 aliphatic carbocycles. The molecule has 2 aliphatic rings. The van der Waals surface area contributed by atoms with Gasteiger partial charge in [-0.15, -0.1) is 0 Å². The van der Waals surface area contributed by atoms with E-state index in [0.29, 0.717) is 16.1 Å². The van der Waals surface area contributed by atoms with Crippen LogP contribution in [-0.2, 0) is 31.8 Å². The molecule has 1 saturated heterocycles. The van der Waals surface area contributed by atoms with Crippen molar-refractivity contribution in [3.05, 3.63) is 110 Å². The molecule has 2 aliphatic heterocycles. The second kappa shape index (κ2) is 12.4. The molecule has 0 radical (unpaired) electrons. The zero-order chi connectivity index (χ0) is 33.6. The van der Waals surface area contributed by atoms with Crippen LogP contribution < -0.4 is 15.1 Å². The number of carbonyl (C=O) groups excluding carboxylic acids is 4. The Morgan fingerprint density at radius 1 is 0.957 bits per heavy atom. The van der Waals surface area contributed by atoms with E-state index in [2.05, 4.69) is 5.32 Å². The van der Waals surface area contributed by atoms with Gasteiger partial charge in [0.25, 0.3) is 0 Å². The van der Waals surface area contributed by atoms with E-state index in [1.54, 1.807) is 6.92 Å². The number of aromatic nitrogens is 1. The van der Waals surface area contributed by atoms with Crippen molar-refractivity contribution in [3.8, 4) is 0 Å². The van der Waals surface area contributed by atoms with Crippen LogP contribution in [0.4, 0.5) is 28.9 Å². The molecule has 4 aromatic rings. The molecule has 3 aromatic carbocycles. The second-order valence-corrected chi connectivity index (χ2v) is 12.7. The summed E-state index contributed by atoms with van der Waals surface area (Å²) in [4.78, 5) is 66.6. The molecule has 2 unspecified atom stereocenters. The molecule has 1 aromatic heterocycles. The third-order valence-electron chi connectivity index (χ3n) is 7.69. The van der Waals surface area contributed by atoms with E-state index in [0.717, 1.165) is 58.3 Å². The fraction of sp³-hybridized carbons (Fsp3) is 0.219. The lowest BCUT2D eigenvalue weighted by Crippen LogP contribution is -2.33. The van der Waals surface area contributed by atoms with Crippen molar-refractivity contribution in [1.29, 1.82) is 0 Å². The van der Waals surface area contributed by atoms with Gasteiger partial charge in [-0.3, -0.25) is 23.7 Å². The number of hydrogen-bond donors (Lipinski definition) is 1. The van der Waals surface area contributed by atoms with Crippen LogP contribution in [0.5, 0.6) is 0 Å². The van der Waals surface area contributed by atoms with Gasteiger partial charge in [-0.1, -0.05) is 41.3 Å². The second-order valence-electron chi connectivity index (χ2n) is 10.6. The van der Waals surface area contributed by atoms with Crippen LogP contribution in [0.15, 0.2) is 82.6 Å². The van der Waals surface area contributed by atoms with Crippen LogP contribution in [0.25, 0.3) is 0 Å². The molecule has 3 atom stereocenters. The number of nitrogens with zero attached hydrogens (tertiary/aromatic N) is 2. The lowest BCUT2D eigenvalue weighted by molar-refractivity contribution is -0.137. The van der Waals surface area contributed by atoms with Crippen molar-refractivity contribution in [1.82, 2.24) is 4.57 Å². The number of hydrogen-bond acceptors (Lipinski definition) is 8. The zero-order valence-electron chi connectivity index (χ0n) is 24.2. The van der Waals surface area contributed by atoms with E-state index in [4.69, 9.17) is 4.74 Å². The number of amides is 3. The van der Waals surface area contributed by atoms with Crippen molar-refractivity contribution >= 4 is 58.2 Å². The molecule has 47 heavy (non-hydrogen) atoms. The van der Waals surface area contributed by atoms with Gasteiger partial charge in [-0.05, 0) is 67.1 Å². The Bertz CT molecular complexity index is 1960. The summed E-state index contributed by atoms with van der Waals surface area (Å²) in [6.45, 7) is 1.40. The summed E-state index contributed by atoms with van der Waals surface area (Å²) < 4.78 is 60.5. The number of alkyl halides is 3. The van der Waals surface area contributed by atoms with Crippen molar-refractivity contribution in [2.75, 3.05) is 16.8 Å². The number of nitrogens with one attached hydrogen (secondary N) is 1. The van der Waals surface area contributed by atoms with E-state index in [1.165, 1.54) is 47.0 Å².